The zero-order valence-corrected chi connectivity index (χ0v) is 5.95. The lowest BCUT2D eigenvalue weighted by atomic mass is 10.4. The molecule has 0 aromatic heterocycles. The van der Waals surface area contributed by atoms with Crippen molar-refractivity contribution in [2.24, 2.45) is 0 Å². The molecule has 0 radical (unpaired) electrons. The summed E-state index contributed by atoms with van der Waals surface area (Å²) in [5.41, 5.74) is 0. The molecule has 11 heavy (non-hydrogen) atoms. The van der Waals surface area contributed by atoms with Crippen LogP contribution in [0.3, 0.4) is 0 Å². The molecule has 0 aliphatic rings. The average Bonchev–Trinajstić information content (AvgIpc) is 2.01. The van der Waals surface area contributed by atoms with Gasteiger partial charge in [-0.1, -0.05) is 0 Å². The number of nitrogens with zero attached hydrogens (tertiary/aromatic N) is 1. The van der Waals surface area contributed by atoms with Gasteiger partial charge in [0.25, 0.3) is 12.5 Å². The molecule has 0 aliphatic carbocycles. The van der Waals surface area contributed by atoms with Gasteiger partial charge in [-0.05, 0) is 0 Å². The Morgan fingerprint density at radius 2 is 2.36 bits per heavy atom. The van der Waals surface area contributed by atoms with Gasteiger partial charge in [-0.25, -0.2) is 6.57 Å². The lowest BCUT2D eigenvalue weighted by Gasteiger charge is -2.05. The second kappa shape index (κ2) is 5.65. The Bertz CT molecular complexity index is 164. The first-order valence-corrected chi connectivity index (χ1v) is 3.09. The van der Waals surface area contributed by atoms with Crippen LogP contribution in [0.2, 0.25) is 0 Å². The second-order valence-corrected chi connectivity index (χ2v) is 1.96. The van der Waals surface area contributed by atoms with Crippen LogP contribution in [0.5, 0.6) is 0 Å². The normalized spacial score (nSPS) is 11.7. The molecular formula is C6H10N2O3. The molecule has 0 aliphatic heterocycles. The number of rotatable bonds is 4. The maximum absolute atomic E-state index is 10.5. The van der Waals surface area contributed by atoms with Gasteiger partial charge in [-0.3, -0.25) is 4.79 Å². The minimum atomic E-state index is -0.940. The third-order valence-electron chi connectivity index (χ3n) is 0.968. The molecule has 1 amide bonds. The minimum absolute atomic E-state index is 0.00907. The van der Waals surface area contributed by atoms with Gasteiger partial charge in [0.1, 0.15) is 0 Å². The summed E-state index contributed by atoms with van der Waals surface area (Å²) in [6.07, 6.45) is -0.940. The zero-order chi connectivity index (χ0) is 8.69. The molecule has 1 unspecified atom stereocenters. The van der Waals surface area contributed by atoms with Crippen molar-refractivity contribution in [2.75, 3.05) is 19.7 Å². The Morgan fingerprint density at radius 1 is 1.73 bits per heavy atom. The number of aliphatic hydroxyl groups excluding tert-OH is 2. The molecule has 5 heteroatoms. The summed E-state index contributed by atoms with van der Waals surface area (Å²) in [4.78, 5) is 13.4. The number of hydrogen-bond donors (Lipinski definition) is 3. The van der Waals surface area contributed by atoms with E-state index < -0.39 is 18.6 Å². The highest BCUT2D eigenvalue weighted by molar-refractivity contribution is 5.79. The first-order valence-electron chi connectivity index (χ1n) is 3.09. The van der Waals surface area contributed by atoms with E-state index in [0.29, 0.717) is 0 Å². The highest BCUT2D eigenvalue weighted by Crippen LogP contribution is 1.77. The Hall–Kier alpha value is -1.12. The molecule has 0 bridgehead atoms. The third-order valence-corrected chi connectivity index (χ3v) is 0.968. The smallest absolute Gasteiger partial charge is 0.300 e. The predicted molar refractivity (Wildman–Crippen MR) is 37.6 cm³/mol. The van der Waals surface area contributed by atoms with Crippen LogP contribution >= 0.6 is 0 Å². The van der Waals surface area contributed by atoms with E-state index in [4.69, 9.17) is 16.8 Å². The fraction of sp³-hybridized carbons (Fsp3) is 0.667. The van der Waals surface area contributed by atoms with E-state index in [-0.39, 0.29) is 13.1 Å². The van der Waals surface area contributed by atoms with Crippen molar-refractivity contribution in [1.29, 1.82) is 0 Å². The van der Waals surface area contributed by atoms with E-state index in [2.05, 4.69) is 10.2 Å². The van der Waals surface area contributed by atoms with E-state index in [0.717, 1.165) is 0 Å². The summed E-state index contributed by atoms with van der Waals surface area (Å²) < 4.78 is 0. The largest absolute Gasteiger partial charge is 0.394 e. The van der Waals surface area contributed by atoms with Gasteiger partial charge in [0.05, 0.1) is 12.7 Å². The van der Waals surface area contributed by atoms with Gasteiger partial charge in [0.15, 0.2) is 0 Å². The molecule has 0 saturated heterocycles. The topological polar surface area (TPSA) is 73.9 Å². The first kappa shape index (κ1) is 9.88. The monoisotopic (exact) mass is 158 g/mol. The van der Waals surface area contributed by atoms with Crippen molar-refractivity contribution in [3.8, 4) is 0 Å². The predicted octanol–water partition coefficient (Wildman–Crippen LogP) is -1.62. The van der Waals surface area contributed by atoms with E-state index in [9.17, 15) is 4.79 Å². The van der Waals surface area contributed by atoms with Gasteiger partial charge in [0, 0.05) is 6.54 Å². The Kier molecular flexibility index (Phi) is 5.07. The van der Waals surface area contributed by atoms with Crippen LogP contribution in [0.4, 0.5) is 0 Å². The molecule has 5 nitrogen and oxygen atoms in total. The van der Waals surface area contributed by atoms with Crippen LogP contribution in [0.1, 0.15) is 0 Å². The van der Waals surface area contributed by atoms with Crippen molar-refractivity contribution in [3.63, 3.8) is 0 Å². The Morgan fingerprint density at radius 3 is 2.82 bits per heavy atom. The van der Waals surface area contributed by atoms with Crippen LogP contribution < -0.4 is 5.32 Å². The summed E-state index contributed by atoms with van der Waals surface area (Å²) >= 11 is 0. The molecule has 0 rings (SSSR count). The van der Waals surface area contributed by atoms with Crippen LogP contribution in [-0.4, -0.2) is 41.9 Å². The molecule has 0 heterocycles. The van der Waals surface area contributed by atoms with Crippen LogP contribution in [0, 0.1) is 6.57 Å². The van der Waals surface area contributed by atoms with Gasteiger partial charge < -0.3 is 20.4 Å². The summed E-state index contributed by atoms with van der Waals surface area (Å²) in [5.74, 6) is -0.437. The van der Waals surface area contributed by atoms with Crippen molar-refractivity contribution in [2.45, 2.75) is 6.10 Å². The van der Waals surface area contributed by atoms with E-state index in [1.807, 2.05) is 0 Å². The summed E-state index contributed by atoms with van der Waals surface area (Å²) in [6.45, 7) is 5.68. The second-order valence-electron chi connectivity index (χ2n) is 1.96. The highest BCUT2D eigenvalue weighted by Gasteiger charge is 2.06. The third kappa shape index (κ3) is 5.33. The number of nitrogens with one attached hydrogen (secondary N) is 1. The van der Waals surface area contributed by atoms with Gasteiger partial charge in [-0.2, -0.15) is 0 Å². The molecule has 0 saturated carbocycles. The average molecular weight is 158 g/mol. The van der Waals surface area contributed by atoms with Crippen molar-refractivity contribution in [1.82, 2.24) is 5.32 Å². The van der Waals surface area contributed by atoms with Gasteiger partial charge >= 0.3 is 0 Å². The van der Waals surface area contributed by atoms with Crippen molar-refractivity contribution >= 4 is 5.91 Å². The zero-order valence-electron chi connectivity index (χ0n) is 5.95. The van der Waals surface area contributed by atoms with E-state index >= 15 is 0 Å². The maximum atomic E-state index is 10.5. The molecule has 0 aromatic rings. The fourth-order valence-corrected chi connectivity index (χ4v) is 0.424. The first-order chi connectivity index (χ1) is 5.20. The lowest BCUT2D eigenvalue weighted by molar-refractivity contribution is -0.119. The highest BCUT2D eigenvalue weighted by atomic mass is 16.3. The molecule has 0 aromatic carbocycles. The van der Waals surface area contributed by atoms with E-state index in [1.165, 1.54) is 0 Å². The van der Waals surface area contributed by atoms with Gasteiger partial charge in [0.2, 0.25) is 0 Å². The van der Waals surface area contributed by atoms with Crippen LogP contribution in [0.15, 0.2) is 0 Å². The van der Waals surface area contributed by atoms with Crippen LogP contribution in [0.25, 0.3) is 4.85 Å². The standard InChI is InChI=1S/C6H10N2O3/c1-7-3-6(11)8-2-5(10)4-9/h5,9-10H,2-4H2,(H,8,11). The number of carbonyl (C=O) groups is 1. The van der Waals surface area contributed by atoms with Crippen LogP contribution in [-0.2, 0) is 4.79 Å². The van der Waals surface area contributed by atoms with Gasteiger partial charge in [-0.15, -0.1) is 0 Å². The fourth-order valence-electron chi connectivity index (χ4n) is 0.424. The number of hydrogen-bond acceptors (Lipinski definition) is 3. The number of aliphatic hydroxyl groups is 2. The summed E-state index contributed by atoms with van der Waals surface area (Å²) in [6, 6.07) is 0. The molecule has 1 atom stereocenters. The Labute approximate surface area is 64.5 Å². The Balaban J connectivity index is 3.39. The molecule has 0 spiro atoms. The minimum Gasteiger partial charge on any atom is -0.394 e. The SMILES string of the molecule is [C-]#[N+]CC(=O)NCC(O)CO. The van der Waals surface area contributed by atoms with Crippen molar-refractivity contribution in [3.05, 3.63) is 11.4 Å². The number of amides is 1. The maximum Gasteiger partial charge on any atom is 0.300 e. The molecule has 62 valence electrons. The number of carbonyl (C=O) groups excluding carboxylic acids is 1. The van der Waals surface area contributed by atoms with Crippen molar-refractivity contribution < 1.29 is 15.0 Å². The molecule has 3 N–H and O–H groups in total. The molecule has 0 fully saturated rings. The lowest BCUT2D eigenvalue weighted by Crippen LogP contribution is -2.34. The van der Waals surface area contributed by atoms with E-state index in [1.54, 1.807) is 0 Å². The summed E-state index contributed by atoms with van der Waals surface area (Å²) in [5, 5.41) is 19.3. The quantitative estimate of drug-likeness (QED) is 0.430. The molecular weight excluding hydrogens is 148 g/mol. The summed E-state index contributed by atoms with van der Waals surface area (Å²) in [7, 11) is 0.